The van der Waals surface area contributed by atoms with Crippen molar-refractivity contribution in [3.8, 4) is 0 Å². The summed E-state index contributed by atoms with van der Waals surface area (Å²) in [5, 5.41) is 21.1. The average molecular weight is 490 g/mol. The van der Waals surface area contributed by atoms with Gasteiger partial charge in [0, 0.05) is 12.5 Å². The Balaban J connectivity index is 1.48. The van der Waals surface area contributed by atoms with E-state index in [4.69, 9.17) is 0 Å². The lowest BCUT2D eigenvalue weighted by Gasteiger charge is -2.48. The van der Waals surface area contributed by atoms with Gasteiger partial charge in [0.2, 0.25) is 0 Å². The molecule has 5 rings (SSSR count). The number of allylic oxidation sites excluding steroid dienone is 1. The summed E-state index contributed by atoms with van der Waals surface area (Å²) >= 11 is 0. The Morgan fingerprint density at radius 1 is 1.21 bits per heavy atom. The van der Waals surface area contributed by atoms with Gasteiger partial charge in [0.15, 0.2) is 0 Å². The van der Waals surface area contributed by atoms with Crippen molar-refractivity contribution in [2.75, 3.05) is 6.54 Å². The van der Waals surface area contributed by atoms with Crippen LogP contribution in [-0.2, 0) is 16.7 Å². The summed E-state index contributed by atoms with van der Waals surface area (Å²) in [5.41, 5.74) is 6.58. The second-order valence-electron chi connectivity index (χ2n) is 11.8. The SMILES string of the molecule is Cc1c([C@H](C)[C@H]2[C@H](O)C[C@H](C)CN2S(=O)(=O)O)ccc2c1C[C@H]1[C@H]2CC=C2C[C@@H](O)CC[C@@]21C. The van der Waals surface area contributed by atoms with Crippen LogP contribution in [0.2, 0.25) is 0 Å². The molecule has 0 aromatic heterocycles. The van der Waals surface area contributed by atoms with Gasteiger partial charge in [0.25, 0.3) is 0 Å². The molecule has 2 fully saturated rings. The number of fused-ring (bicyclic) bond motifs is 5. The lowest BCUT2D eigenvalue weighted by molar-refractivity contribution is 0.0158. The van der Waals surface area contributed by atoms with E-state index in [1.165, 1.54) is 22.3 Å². The van der Waals surface area contributed by atoms with Gasteiger partial charge in [-0.3, -0.25) is 4.55 Å². The number of nitrogens with zero attached hydrogens (tertiary/aromatic N) is 1. The number of aliphatic hydroxyl groups is 2. The number of aliphatic hydroxyl groups excluding tert-OH is 2. The number of benzene rings is 1. The van der Waals surface area contributed by atoms with E-state index in [0.29, 0.717) is 18.3 Å². The van der Waals surface area contributed by atoms with Crippen LogP contribution in [-0.4, -0.2) is 52.3 Å². The molecule has 0 radical (unpaired) electrons. The second kappa shape index (κ2) is 8.41. The van der Waals surface area contributed by atoms with Crippen LogP contribution >= 0.6 is 0 Å². The Hall–Kier alpha value is -1.25. The van der Waals surface area contributed by atoms with Crippen molar-refractivity contribution < 1.29 is 23.2 Å². The Morgan fingerprint density at radius 3 is 2.65 bits per heavy atom. The molecule has 0 spiro atoms. The van der Waals surface area contributed by atoms with E-state index in [1.54, 1.807) is 0 Å². The van der Waals surface area contributed by atoms with Crippen molar-refractivity contribution in [3.63, 3.8) is 0 Å². The van der Waals surface area contributed by atoms with Gasteiger partial charge in [0.1, 0.15) is 0 Å². The summed E-state index contributed by atoms with van der Waals surface area (Å²) in [5.74, 6) is 0.750. The Labute approximate surface area is 203 Å². The normalized spacial score (nSPS) is 39.1. The maximum Gasteiger partial charge on any atom is 0.336 e. The zero-order valence-corrected chi connectivity index (χ0v) is 21.6. The highest BCUT2D eigenvalue weighted by atomic mass is 32.2. The van der Waals surface area contributed by atoms with Gasteiger partial charge >= 0.3 is 10.3 Å². The molecule has 1 heterocycles. The van der Waals surface area contributed by atoms with Gasteiger partial charge in [0.05, 0.1) is 18.2 Å². The standard InChI is InChI=1S/C27H39NO5S/c1-15-11-25(30)26(28(14-15)34(31,32)33)17(3)20-7-8-21-22-6-5-18-12-19(29)9-10-27(18,4)24(22)13-23(21)16(20)2/h5,7-8,15,17,19,22,24-26,29-30H,6,9-14H2,1-4H3,(H,31,32,33)/t15-,17-,19-,22-,24-,25+,26-,27-/m0/s1. The molecule has 3 aliphatic carbocycles. The first-order valence-electron chi connectivity index (χ1n) is 12.8. The molecule has 0 unspecified atom stereocenters. The molecule has 7 heteroatoms. The van der Waals surface area contributed by atoms with Gasteiger partial charge in [-0.25, -0.2) is 0 Å². The fourth-order valence-electron chi connectivity index (χ4n) is 7.93. The van der Waals surface area contributed by atoms with E-state index in [1.807, 2.05) is 13.8 Å². The van der Waals surface area contributed by atoms with Gasteiger partial charge in [-0.2, -0.15) is 12.7 Å². The largest absolute Gasteiger partial charge is 0.393 e. The molecule has 0 amide bonds. The average Bonchev–Trinajstić information content (AvgIpc) is 3.14. The van der Waals surface area contributed by atoms with E-state index < -0.39 is 22.4 Å². The lowest BCUT2D eigenvalue weighted by Crippen LogP contribution is -2.55. The maximum atomic E-state index is 12.2. The smallest absolute Gasteiger partial charge is 0.336 e. The Morgan fingerprint density at radius 2 is 1.94 bits per heavy atom. The predicted molar refractivity (Wildman–Crippen MR) is 132 cm³/mol. The first kappa shape index (κ1) is 24.4. The molecule has 4 aliphatic rings. The Bertz CT molecular complexity index is 1110. The zero-order valence-electron chi connectivity index (χ0n) is 20.7. The highest BCUT2D eigenvalue weighted by Gasteiger charge is 2.50. The number of hydrogen-bond acceptors (Lipinski definition) is 4. The molecule has 188 valence electrons. The third-order valence-corrected chi connectivity index (χ3v) is 10.8. The van der Waals surface area contributed by atoms with Crippen LogP contribution in [0.15, 0.2) is 23.8 Å². The molecule has 1 aromatic carbocycles. The predicted octanol–water partition coefficient (Wildman–Crippen LogP) is 4.11. The Kier molecular flexibility index (Phi) is 6.05. The van der Waals surface area contributed by atoms with E-state index in [0.717, 1.165) is 42.0 Å². The first-order chi connectivity index (χ1) is 15.9. The van der Waals surface area contributed by atoms with E-state index in [2.05, 4.69) is 32.1 Å². The lowest BCUT2D eigenvalue weighted by atomic mass is 9.57. The maximum absolute atomic E-state index is 12.2. The molecule has 1 aromatic rings. The molecule has 1 saturated carbocycles. The van der Waals surface area contributed by atoms with Gasteiger partial charge in [-0.05, 0) is 90.9 Å². The number of piperidine rings is 1. The van der Waals surface area contributed by atoms with Crippen LogP contribution in [0.4, 0.5) is 0 Å². The van der Waals surface area contributed by atoms with Crippen LogP contribution in [0.25, 0.3) is 0 Å². The van der Waals surface area contributed by atoms with Gasteiger partial charge < -0.3 is 10.2 Å². The van der Waals surface area contributed by atoms with Gasteiger partial charge in [-0.15, -0.1) is 0 Å². The van der Waals surface area contributed by atoms with Crippen LogP contribution in [0.1, 0.15) is 87.0 Å². The van der Waals surface area contributed by atoms with Gasteiger partial charge in [-0.1, -0.05) is 44.6 Å². The molecular formula is C27H39NO5S. The number of rotatable bonds is 3. The minimum absolute atomic E-state index is 0.0129. The number of hydrogen-bond donors (Lipinski definition) is 3. The molecule has 3 N–H and O–H groups in total. The minimum atomic E-state index is -4.42. The molecule has 6 nitrogen and oxygen atoms in total. The van der Waals surface area contributed by atoms with E-state index in [-0.39, 0.29) is 29.9 Å². The van der Waals surface area contributed by atoms with Crippen molar-refractivity contribution in [1.29, 1.82) is 0 Å². The topological polar surface area (TPSA) is 98.1 Å². The monoisotopic (exact) mass is 489 g/mol. The second-order valence-corrected chi connectivity index (χ2v) is 13.1. The molecule has 1 saturated heterocycles. The highest BCUT2D eigenvalue weighted by Crippen LogP contribution is 2.60. The zero-order chi connectivity index (χ0) is 24.6. The van der Waals surface area contributed by atoms with Crippen molar-refractivity contribution >= 4 is 10.3 Å². The third kappa shape index (κ3) is 3.79. The fourth-order valence-corrected chi connectivity index (χ4v) is 9.01. The fraction of sp³-hybridized carbons (Fsp3) is 0.704. The molecular weight excluding hydrogens is 450 g/mol. The van der Waals surface area contributed by atoms with E-state index in [9.17, 15) is 23.2 Å². The van der Waals surface area contributed by atoms with Crippen molar-refractivity contribution in [1.82, 2.24) is 4.31 Å². The molecule has 0 bridgehead atoms. The molecule has 1 aliphatic heterocycles. The van der Waals surface area contributed by atoms with Crippen LogP contribution in [0.5, 0.6) is 0 Å². The van der Waals surface area contributed by atoms with E-state index >= 15 is 0 Å². The van der Waals surface area contributed by atoms with Crippen LogP contribution in [0, 0.1) is 24.2 Å². The summed E-state index contributed by atoms with van der Waals surface area (Å²) in [7, 11) is -4.42. The third-order valence-electron chi connectivity index (χ3n) is 9.77. The molecule has 34 heavy (non-hydrogen) atoms. The summed E-state index contributed by atoms with van der Waals surface area (Å²) < 4.78 is 35.4. The summed E-state index contributed by atoms with van der Waals surface area (Å²) in [6, 6.07) is 3.67. The van der Waals surface area contributed by atoms with Crippen molar-refractivity contribution in [3.05, 3.63) is 46.0 Å². The van der Waals surface area contributed by atoms with Crippen molar-refractivity contribution in [2.45, 2.75) is 96.3 Å². The quantitative estimate of drug-likeness (QED) is 0.438. The summed E-state index contributed by atoms with van der Waals surface area (Å²) in [6.07, 6.45) is 6.55. The summed E-state index contributed by atoms with van der Waals surface area (Å²) in [4.78, 5) is 0. The van der Waals surface area contributed by atoms with Crippen LogP contribution in [0.3, 0.4) is 0 Å². The minimum Gasteiger partial charge on any atom is -0.393 e. The highest BCUT2D eigenvalue weighted by molar-refractivity contribution is 7.83. The van der Waals surface area contributed by atoms with Crippen LogP contribution < -0.4 is 0 Å². The first-order valence-corrected chi connectivity index (χ1v) is 14.2. The van der Waals surface area contributed by atoms with Crippen molar-refractivity contribution in [2.24, 2.45) is 17.3 Å². The molecule has 8 atom stereocenters. The summed E-state index contributed by atoms with van der Waals surface area (Å²) in [6.45, 7) is 8.62.